The molecule has 100 valence electrons. The van der Waals surface area contributed by atoms with Crippen LogP contribution in [0.5, 0.6) is 0 Å². The van der Waals surface area contributed by atoms with Crippen LogP contribution in [0.25, 0.3) is 0 Å². The zero-order valence-corrected chi connectivity index (χ0v) is 12.1. The highest BCUT2D eigenvalue weighted by atomic mass is 79.9. The van der Waals surface area contributed by atoms with Gasteiger partial charge in [-0.15, -0.1) is 0 Å². The molecule has 0 radical (unpaired) electrons. The highest BCUT2D eigenvalue weighted by Crippen LogP contribution is 2.24. The van der Waals surface area contributed by atoms with E-state index in [1.807, 2.05) is 0 Å². The summed E-state index contributed by atoms with van der Waals surface area (Å²) in [7, 11) is -1.53. The molecule has 0 aliphatic carbocycles. The lowest BCUT2D eigenvalue weighted by Gasteiger charge is -2.07. The molecule has 19 heavy (non-hydrogen) atoms. The zero-order valence-electron chi connectivity index (χ0n) is 9.70. The second-order valence-electron chi connectivity index (χ2n) is 3.91. The standard InChI is InChI=1S/C13H10BrF2NOS/c14-9-1-4-13(12(17)6-9)19(18)7-8-5-10(15)2-3-11(8)16/h1-6H,7,17H2. The molecule has 0 aromatic heterocycles. The summed E-state index contributed by atoms with van der Waals surface area (Å²) in [4.78, 5) is 0.409. The monoisotopic (exact) mass is 345 g/mol. The number of halogens is 3. The summed E-state index contributed by atoms with van der Waals surface area (Å²) in [5.74, 6) is -1.25. The first-order chi connectivity index (χ1) is 8.97. The first-order valence-electron chi connectivity index (χ1n) is 5.34. The Kier molecular flexibility index (Phi) is 4.31. The van der Waals surface area contributed by atoms with Crippen molar-refractivity contribution in [2.24, 2.45) is 0 Å². The second kappa shape index (κ2) is 5.79. The Morgan fingerprint density at radius 3 is 2.58 bits per heavy atom. The van der Waals surface area contributed by atoms with Crippen LogP contribution in [0, 0.1) is 11.6 Å². The van der Waals surface area contributed by atoms with E-state index in [0.717, 1.165) is 22.7 Å². The lowest BCUT2D eigenvalue weighted by molar-refractivity contribution is 0.590. The van der Waals surface area contributed by atoms with Crippen LogP contribution in [-0.4, -0.2) is 4.21 Å². The molecule has 2 nitrogen and oxygen atoms in total. The molecule has 0 saturated heterocycles. The number of nitrogen functional groups attached to an aromatic ring is 1. The molecule has 0 aliphatic heterocycles. The molecule has 2 rings (SSSR count). The number of anilines is 1. The van der Waals surface area contributed by atoms with Gasteiger partial charge in [-0.3, -0.25) is 4.21 Å². The van der Waals surface area contributed by atoms with E-state index in [9.17, 15) is 13.0 Å². The zero-order chi connectivity index (χ0) is 14.0. The number of rotatable bonds is 3. The normalized spacial score (nSPS) is 12.4. The molecule has 6 heteroatoms. The molecule has 0 saturated carbocycles. The van der Waals surface area contributed by atoms with Gasteiger partial charge >= 0.3 is 0 Å². The molecule has 2 N–H and O–H groups in total. The highest BCUT2D eigenvalue weighted by molar-refractivity contribution is 9.10. The molecular weight excluding hydrogens is 336 g/mol. The maximum atomic E-state index is 13.5. The fourth-order valence-corrected chi connectivity index (χ4v) is 3.18. The van der Waals surface area contributed by atoms with Gasteiger partial charge in [-0.25, -0.2) is 8.78 Å². The molecule has 0 bridgehead atoms. The number of hydrogen-bond donors (Lipinski definition) is 1. The van der Waals surface area contributed by atoms with Crippen LogP contribution in [0.4, 0.5) is 14.5 Å². The summed E-state index contributed by atoms with van der Waals surface area (Å²) in [6.45, 7) is 0. The van der Waals surface area contributed by atoms with Crippen LogP contribution in [0.1, 0.15) is 5.56 Å². The molecular formula is C13H10BrF2NOS. The molecule has 0 amide bonds. The van der Waals surface area contributed by atoms with Crippen molar-refractivity contribution in [1.82, 2.24) is 0 Å². The third kappa shape index (κ3) is 3.39. The van der Waals surface area contributed by atoms with Gasteiger partial charge in [0.2, 0.25) is 0 Å². The first-order valence-corrected chi connectivity index (χ1v) is 7.46. The van der Waals surface area contributed by atoms with Gasteiger partial charge in [0.25, 0.3) is 0 Å². The quantitative estimate of drug-likeness (QED) is 0.863. The maximum absolute atomic E-state index is 13.5. The molecule has 2 aromatic rings. The van der Waals surface area contributed by atoms with E-state index >= 15 is 0 Å². The summed E-state index contributed by atoms with van der Waals surface area (Å²) in [6.07, 6.45) is 0. The van der Waals surface area contributed by atoms with E-state index in [1.165, 1.54) is 0 Å². The van der Waals surface area contributed by atoms with Gasteiger partial charge in [0.05, 0.1) is 21.4 Å². The maximum Gasteiger partial charge on any atom is 0.127 e. The third-order valence-corrected chi connectivity index (χ3v) is 4.44. The van der Waals surface area contributed by atoms with Gasteiger partial charge in [0.1, 0.15) is 11.6 Å². The van der Waals surface area contributed by atoms with Crippen LogP contribution in [0.3, 0.4) is 0 Å². The summed E-state index contributed by atoms with van der Waals surface area (Å²) >= 11 is 3.24. The van der Waals surface area contributed by atoms with Crippen LogP contribution >= 0.6 is 15.9 Å². The summed E-state index contributed by atoms with van der Waals surface area (Å²) in [5, 5.41) is 0. The lowest BCUT2D eigenvalue weighted by atomic mass is 10.2. The lowest BCUT2D eigenvalue weighted by Crippen LogP contribution is -2.03. The van der Waals surface area contributed by atoms with Gasteiger partial charge in [0, 0.05) is 15.7 Å². The van der Waals surface area contributed by atoms with Crippen LogP contribution < -0.4 is 5.73 Å². The molecule has 0 aliphatic rings. The number of nitrogens with two attached hydrogens (primary N) is 1. The van der Waals surface area contributed by atoms with Crippen LogP contribution in [0.2, 0.25) is 0 Å². The van der Waals surface area contributed by atoms with E-state index in [0.29, 0.717) is 10.6 Å². The second-order valence-corrected chi connectivity index (χ2v) is 6.24. The SMILES string of the molecule is Nc1cc(Br)ccc1S(=O)Cc1cc(F)ccc1F. The predicted octanol–water partition coefficient (Wildman–Crippen LogP) is 3.62. The fraction of sp³-hybridized carbons (Fsp3) is 0.0769. The van der Waals surface area contributed by atoms with E-state index in [4.69, 9.17) is 5.73 Å². The van der Waals surface area contributed by atoms with Crippen LogP contribution in [-0.2, 0) is 16.6 Å². The Morgan fingerprint density at radius 2 is 1.89 bits per heavy atom. The first kappa shape index (κ1) is 14.1. The minimum Gasteiger partial charge on any atom is -0.398 e. The van der Waals surface area contributed by atoms with Gasteiger partial charge < -0.3 is 5.73 Å². The minimum atomic E-state index is -1.53. The number of hydrogen-bond acceptors (Lipinski definition) is 2. The van der Waals surface area contributed by atoms with Gasteiger partial charge in [-0.1, -0.05) is 15.9 Å². The van der Waals surface area contributed by atoms with Crippen molar-refractivity contribution in [3.63, 3.8) is 0 Å². The predicted molar refractivity (Wildman–Crippen MR) is 75.0 cm³/mol. The molecule has 2 aromatic carbocycles. The van der Waals surface area contributed by atoms with Crippen molar-refractivity contribution in [2.45, 2.75) is 10.6 Å². The van der Waals surface area contributed by atoms with Gasteiger partial charge in [0.15, 0.2) is 0 Å². The van der Waals surface area contributed by atoms with E-state index in [2.05, 4.69) is 15.9 Å². The van der Waals surface area contributed by atoms with Crippen LogP contribution in [0.15, 0.2) is 45.8 Å². The Labute approximate surface area is 120 Å². The topological polar surface area (TPSA) is 43.1 Å². The fourth-order valence-electron chi connectivity index (χ4n) is 1.60. The molecule has 1 atom stereocenters. The summed E-state index contributed by atoms with van der Waals surface area (Å²) in [5.41, 5.74) is 6.17. The minimum absolute atomic E-state index is 0.0700. The molecule has 0 heterocycles. The Balaban J connectivity index is 2.28. The average Bonchev–Trinajstić information content (AvgIpc) is 2.33. The number of benzene rings is 2. The smallest absolute Gasteiger partial charge is 0.127 e. The van der Waals surface area contributed by atoms with Crippen molar-refractivity contribution >= 4 is 32.4 Å². The Hall–Kier alpha value is -1.27. The van der Waals surface area contributed by atoms with E-state index < -0.39 is 22.4 Å². The average molecular weight is 346 g/mol. The Bertz CT molecular complexity index is 649. The Morgan fingerprint density at radius 1 is 1.16 bits per heavy atom. The highest BCUT2D eigenvalue weighted by Gasteiger charge is 2.12. The van der Waals surface area contributed by atoms with Crippen molar-refractivity contribution in [3.8, 4) is 0 Å². The van der Waals surface area contributed by atoms with Gasteiger partial charge in [-0.2, -0.15) is 0 Å². The van der Waals surface area contributed by atoms with Crippen molar-refractivity contribution < 1.29 is 13.0 Å². The van der Waals surface area contributed by atoms with Crippen molar-refractivity contribution in [2.75, 3.05) is 5.73 Å². The van der Waals surface area contributed by atoms with Gasteiger partial charge in [-0.05, 0) is 36.4 Å². The van der Waals surface area contributed by atoms with E-state index in [-0.39, 0.29) is 11.3 Å². The third-order valence-electron chi connectivity index (χ3n) is 2.51. The van der Waals surface area contributed by atoms with E-state index in [1.54, 1.807) is 18.2 Å². The summed E-state index contributed by atoms with van der Waals surface area (Å²) in [6, 6.07) is 8.01. The van der Waals surface area contributed by atoms with Crippen molar-refractivity contribution in [1.29, 1.82) is 0 Å². The molecule has 0 fully saturated rings. The molecule has 0 spiro atoms. The molecule has 1 unspecified atom stereocenters. The van der Waals surface area contributed by atoms with Crippen molar-refractivity contribution in [3.05, 3.63) is 58.1 Å². The summed E-state index contributed by atoms with van der Waals surface area (Å²) < 4.78 is 39.4. The largest absolute Gasteiger partial charge is 0.398 e.